The van der Waals surface area contributed by atoms with Crippen molar-refractivity contribution >= 4 is 11.6 Å². The molecule has 0 aliphatic rings. The van der Waals surface area contributed by atoms with Gasteiger partial charge in [-0.2, -0.15) is 0 Å². The number of amides is 1. The van der Waals surface area contributed by atoms with Crippen LogP contribution in [0.5, 0.6) is 5.75 Å². The number of hydrogen-bond donors (Lipinski definition) is 1. The van der Waals surface area contributed by atoms with Crippen LogP contribution in [0.4, 0.5) is 5.69 Å². The monoisotopic (exact) mass is 340 g/mol. The van der Waals surface area contributed by atoms with E-state index in [1.165, 1.54) is 0 Å². The van der Waals surface area contributed by atoms with Gasteiger partial charge in [-0.05, 0) is 55.7 Å². The summed E-state index contributed by atoms with van der Waals surface area (Å²) in [6.07, 6.45) is 0.163. The molecule has 0 aliphatic heterocycles. The summed E-state index contributed by atoms with van der Waals surface area (Å²) in [6, 6.07) is 16.1. The van der Waals surface area contributed by atoms with Crippen molar-refractivity contribution in [2.45, 2.75) is 33.3 Å². The summed E-state index contributed by atoms with van der Waals surface area (Å²) in [4.78, 5) is 14.5. The van der Waals surface area contributed by atoms with Gasteiger partial charge in [0.15, 0.2) is 6.10 Å². The lowest BCUT2D eigenvalue weighted by Gasteiger charge is -2.21. The SMILES string of the molecule is CC[C@H](Oc1cc(C)cc(C)c1)C(=O)NCCN(C)c1ccccc1. The van der Waals surface area contributed by atoms with Crippen molar-refractivity contribution in [3.05, 3.63) is 59.7 Å². The Morgan fingerprint density at radius 1 is 1.12 bits per heavy atom. The number of aryl methyl sites for hydroxylation is 2. The fraction of sp³-hybridized carbons (Fsp3) is 0.381. The van der Waals surface area contributed by atoms with Crippen LogP contribution in [0.15, 0.2) is 48.5 Å². The highest BCUT2D eigenvalue weighted by Gasteiger charge is 2.18. The van der Waals surface area contributed by atoms with Crippen molar-refractivity contribution in [2.75, 3.05) is 25.0 Å². The first-order chi connectivity index (χ1) is 12.0. The standard InChI is InChI=1S/C21H28N2O2/c1-5-20(25-19-14-16(2)13-17(3)15-19)21(24)22-11-12-23(4)18-9-7-6-8-10-18/h6-10,13-15,20H,5,11-12H2,1-4H3,(H,22,24)/t20-/m0/s1. The quantitative estimate of drug-likeness (QED) is 0.796. The first-order valence-electron chi connectivity index (χ1n) is 8.78. The predicted molar refractivity (Wildman–Crippen MR) is 103 cm³/mol. The number of anilines is 1. The highest BCUT2D eigenvalue weighted by atomic mass is 16.5. The molecule has 0 aliphatic carbocycles. The number of para-hydroxylation sites is 1. The Labute approximate surface area is 150 Å². The maximum absolute atomic E-state index is 12.4. The van der Waals surface area contributed by atoms with Crippen molar-refractivity contribution in [1.82, 2.24) is 5.32 Å². The van der Waals surface area contributed by atoms with Crippen LogP contribution in [0.2, 0.25) is 0 Å². The first kappa shape index (κ1) is 18.8. The minimum absolute atomic E-state index is 0.0666. The number of nitrogens with zero attached hydrogens (tertiary/aromatic N) is 1. The fourth-order valence-electron chi connectivity index (χ4n) is 2.76. The average molecular weight is 340 g/mol. The number of hydrogen-bond acceptors (Lipinski definition) is 3. The van der Waals surface area contributed by atoms with Crippen molar-refractivity contribution in [1.29, 1.82) is 0 Å². The number of carbonyl (C=O) groups excluding carboxylic acids is 1. The minimum Gasteiger partial charge on any atom is -0.481 e. The number of carbonyl (C=O) groups is 1. The molecule has 0 saturated heterocycles. The third-order valence-corrected chi connectivity index (χ3v) is 4.08. The smallest absolute Gasteiger partial charge is 0.261 e. The molecule has 0 aromatic heterocycles. The van der Waals surface area contributed by atoms with Crippen LogP contribution in [0.3, 0.4) is 0 Å². The summed E-state index contributed by atoms with van der Waals surface area (Å²) >= 11 is 0. The van der Waals surface area contributed by atoms with Gasteiger partial charge in [-0.25, -0.2) is 0 Å². The third kappa shape index (κ3) is 5.82. The Balaban J connectivity index is 1.85. The van der Waals surface area contributed by atoms with Gasteiger partial charge in [0.25, 0.3) is 5.91 Å². The summed E-state index contributed by atoms with van der Waals surface area (Å²) < 4.78 is 5.90. The summed E-state index contributed by atoms with van der Waals surface area (Å²) in [5, 5.41) is 2.98. The molecule has 25 heavy (non-hydrogen) atoms. The van der Waals surface area contributed by atoms with Crippen LogP contribution in [0.1, 0.15) is 24.5 Å². The molecule has 2 aromatic carbocycles. The fourth-order valence-corrected chi connectivity index (χ4v) is 2.76. The Hall–Kier alpha value is -2.49. The molecule has 4 heteroatoms. The second kappa shape index (κ2) is 9.11. The normalized spacial score (nSPS) is 11.7. The van der Waals surface area contributed by atoms with Crippen molar-refractivity contribution in [3.63, 3.8) is 0 Å². The molecule has 0 saturated carbocycles. The lowest BCUT2D eigenvalue weighted by Crippen LogP contribution is -2.41. The highest BCUT2D eigenvalue weighted by Crippen LogP contribution is 2.18. The van der Waals surface area contributed by atoms with Crippen LogP contribution in [-0.4, -0.2) is 32.1 Å². The molecule has 0 fully saturated rings. The number of benzene rings is 2. The van der Waals surface area contributed by atoms with Crippen LogP contribution < -0.4 is 15.0 Å². The lowest BCUT2D eigenvalue weighted by molar-refractivity contribution is -0.128. The van der Waals surface area contributed by atoms with E-state index in [9.17, 15) is 4.79 Å². The van der Waals surface area contributed by atoms with Gasteiger partial charge in [-0.15, -0.1) is 0 Å². The molecule has 2 aromatic rings. The zero-order valence-electron chi connectivity index (χ0n) is 15.6. The van der Waals surface area contributed by atoms with Gasteiger partial charge in [0, 0.05) is 25.8 Å². The van der Waals surface area contributed by atoms with E-state index >= 15 is 0 Å². The number of ether oxygens (including phenoxy) is 1. The second-order valence-corrected chi connectivity index (χ2v) is 6.39. The molecule has 0 radical (unpaired) electrons. The van der Waals surface area contributed by atoms with Crippen molar-refractivity contribution in [3.8, 4) is 5.75 Å². The highest BCUT2D eigenvalue weighted by molar-refractivity contribution is 5.81. The van der Waals surface area contributed by atoms with Gasteiger partial charge in [-0.3, -0.25) is 4.79 Å². The van der Waals surface area contributed by atoms with E-state index in [1.807, 2.05) is 58.2 Å². The van der Waals surface area contributed by atoms with E-state index in [4.69, 9.17) is 4.74 Å². The average Bonchev–Trinajstić information content (AvgIpc) is 2.59. The maximum Gasteiger partial charge on any atom is 0.261 e. The van der Waals surface area contributed by atoms with E-state index in [1.54, 1.807) is 0 Å². The molecular formula is C21H28N2O2. The Bertz CT molecular complexity index is 665. The Kier molecular flexibility index (Phi) is 6.87. The zero-order valence-corrected chi connectivity index (χ0v) is 15.6. The van der Waals surface area contributed by atoms with Gasteiger partial charge >= 0.3 is 0 Å². The number of nitrogens with one attached hydrogen (secondary N) is 1. The topological polar surface area (TPSA) is 41.6 Å². The van der Waals surface area contributed by atoms with Gasteiger partial charge in [0.1, 0.15) is 5.75 Å². The van der Waals surface area contributed by atoms with E-state index < -0.39 is 6.10 Å². The zero-order chi connectivity index (χ0) is 18.2. The molecule has 1 amide bonds. The summed E-state index contributed by atoms with van der Waals surface area (Å²) in [5.41, 5.74) is 3.40. The minimum atomic E-state index is -0.469. The third-order valence-electron chi connectivity index (χ3n) is 4.08. The summed E-state index contributed by atoms with van der Waals surface area (Å²) in [7, 11) is 2.02. The van der Waals surface area contributed by atoms with E-state index in [0.717, 1.165) is 29.1 Å². The Morgan fingerprint density at radius 2 is 1.76 bits per heavy atom. The van der Waals surface area contributed by atoms with Crippen molar-refractivity contribution < 1.29 is 9.53 Å². The van der Waals surface area contributed by atoms with Crippen molar-refractivity contribution in [2.24, 2.45) is 0 Å². The molecular weight excluding hydrogens is 312 g/mol. The largest absolute Gasteiger partial charge is 0.481 e. The summed E-state index contributed by atoms with van der Waals surface area (Å²) in [6.45, 7) is 7.34. The molecule has 134 valence electrons. The van der Waals surface area contributed by atoms with Crippen LogP contribution in [0, 0.1) is 13.8 Å². The number of rotatable bonds is 8. The van der Waals surface area contributed by atoms with Crippen LogP contribution in [0.25, 0.3) is 0 Å². The summed E-state index contributed by atoms with van der Waals surface area (Å²) in [5.74, 6) is 0.684. The molecule has 1 atom stereocenters. The van der Waals surface area contributed by atoms with Gasteiger partial charge < -0.3 is 15.0 Å². The number of likely N-dealkylation sites (N-methyl/N-ethyl adjacent to an activating group) is 1. The van der Waals surface area contributed by atoms with E-state index in [0.29, 0.717) is 13.0 Å². The lowest BCUT2D eigenvalue weighted by atomic mass is 10.1. The molecule has 1 N–H and O–H groups in total. The molecule has 0 unspecified atom stereocenters. The van der Waals surface area contributed by atoms with Gasteiger partial charge in [0.2, 0.25) is 0 Å². The second-order valence-electron chi connectivity index (χ2n) is 6.39. The first-order valence-corrected chi connectivity index (χ1v) is 8.78. The van der Waals surface area contributed by atoms with Crippen LogP contribution in [-0.2, 0) is 4.79 Å². The molecule has 0 spiro atoms. The van der Waals surface area contributed by atoms with Crippen LogP contribution >= 0.6 is 0 Å². The molecule has 0 bridgehead atoms. The molecule has 0 heterocycles. The van der Waals surface area contributed by atoms with Gasteiger partial charge in [0.05, 0.1) is 0 Å². The van der Waals surface area contributed by atoms with E-state index in [2.05, 4.69) is 28.4 Å². The maximum atomic E-state index is 12.4. The van der Waals surface area contributed by atoms with Gasteiger partial charge in [-0.1, -0.05) is 31.2 Å². The predicted octanol–water partition coefficient (Wildman–Crippen LogP) is 3.71. The Morgan fingerprint density at radius 3 is 2.36 bits per heavy atom. The molecule has 2 rings (SSSR count). The van der Waals surface area contributed by atoms with E-state index in [-0.39, 0.29) is 5.91 Å². The molecule has 4 nitrogen and oxygen atoms in total.